The molecule has 1 N–H and O–H groups in total. The molecule has 0 saturated heterocycles. The highest BCUT2D eigenvalue weighted by Gasteiger charge is 2.17. The Hall–Kier alpha value is -2.21. The van der Waals surface area contributed by atoms with Crippen LogP contribution in [0.25, 0.3) is 0 Å². The van der Waals surface area contributed by atoms with E-state index in [9.17, 15) is 9.90 Å². The third kappa shape index (κ3) is 6.26. The Balaban J connectivity index is 2.00. The van der Waals surface area contributed by atoms with Gasteiger partial charge in [0.1, 0.15) is 0 Å². The molecule has 0 radical (unpaired) electrons. The summed E-state index contributed by atoms with van der Waals surface area (Å²) < 4.78 is 5.22. The highest BCUT2D eigenvalue weighted by molar-refractivity contribution is 5.94. The Morgan fingerprint density at radius 2 is 2.08 bits per heavy atom. The molecule has 1 aromatic heterocycles. The molecule has 6 nitrogen and oxygen atoms in total. The molecule has 0 unspecified atom stereocenters. The van der Waals surface area contributed by atoms with Gasteiger partial charge < -0.3 is 14.5 Å². The Bertz CT molecular complexity index is 732. The predicted molar refractivity (Wildman–Crippen MR) is 99.7 cm³/mol. The Morgan fingerprint density at radius 3 is 2.73 bits per heavy atom. The van der Waals surface area contributed by atoms with Crippen molar-refractivity contribution in [1.29, 1.82) is 0 Å². The predicted octanol–water partition coefficient (Wildman–Crippen LogP) is 3.24. The van der Waals surface area contributed by atoms with E-state index in [4.69, 9.17) is 4.52 Å². The quantitative estimate of drug-likeness (QED) is 0.783. The molecule has 2 aromatic rings. The van der Waals surface area contributed by atoms with Crippen LogP contribution < -0.4 is 0 Å². The monoisotopic (exact) mass is 359 g/mol. The van der Waals surface area contributed by atoms with Crippen LogP contribution in [-0.2, 0) is 19.4 Å². The van der Waals surface area contributed by atoms with Crippen molar-refractivity contribution in [3.05, 3.63) is 47.1 Å². The van der Waals surface area contributed by atoms with E-state index < -0.39 is 5.60 Å². The zero-order chi connectivity index (χ0) is 19.3. The third-order valence-electron chi connectivity index (χ3n) is 4.02. The number of benzene rings is 1. The number of rotatable bonds is 8. The maximum atomic E-state index is 12.7. The van der Waals surface area contributed by atoms with Crippen LogP contribution in [0.1, 0.15) is 61.8 Å². The standard InChI is InChI=1S/C20H29N3O3/c1-14(2)11-18-21-17(22-26-18)13-23(5)19(24)16-8-6-7-15(12-16)9-10-20(3,4)25/h6-8,12,14,25H,9-11,13H2,1-5H3. The van der Waals surface area contributed by atoms with E-state index >= 15 is 0 Å². The zero-order valence-corrected chi connectivity index (χ0v) is 16.3. The molecule has 0 bridgehead atoms. The molecule has 6 heteroatoms. The van der Waals surface area contributed by atoms with Gasteiger partial charge in [0.25, 0.3) is 5.91 Å². The van der Waals surface area contributed by atoms with Crippen LogP contribution in [0, 0.1) is 5.92 Å². The number of amides is 1. The number of aromatic nitrogens is 2. The van der Waals surface area contributed by atoms with Crippen molar-refractivity contribution in [2.75, 3.05) is 7.05 Å². The lowest BCUT2D eigenvalue weighted by Gasteiger charge is -2.18. The molecule has 0 atom stereocenters. The number of hydrogen-bond acceptors (Lipinski definition) is 5. The van der Waals surface area contributed by atoms with E-state index in [1.807, 2.05) is 18.2 Å². The second kappa shape index (κ2) is 8.45. The largest absolute Gasteiger partial charge is 0.390 e. The van der Waals surface area contributed by atoms with Gasteiger partial charge in [0.05, 0.1) is 12.1 Å². The molecule has 0 aliphatic heterocycles. The number of aliphatic hydroxyl groups is 1. The summed E-state index contributed by atoms with van der Waals surface area (Å²) in [5.41, 5.74) is 0.931. The number of carbonyl (C=O) groups excluding carboxylic acids is 1. The second-order valence-electron chi connectivity index (χ2n) is 7.88. The van der Waals surface area contributed by atoms with Crippen molar-refractivity contribution < 1.29 is 14.4 Å². The minimum Gasteiger partial charge on any atom is -0.390 e. The molecule has 0 aliphatic carbocycles. The van der Waals surface area contributed by atoms with Gasteiger partial charge in [0.15, 0.2) is 5.82 Å². The Kier molecular flexibility index (Phi) is 6.53. The van der Waals surface area contributed by atoms with Crippen molar-refractivity contribution in [2.45, 2.75) is 59.1 Å². The Morgan fingerprint density at radius 1 is 1.35 bits per heavy atom. The smallest absolute Gasteiger partial charge is 0.254 e. The average molecular weight is 359 g/mol. The lowest BCUT2D eigenvalue weighted by molar-refractivity contribution is 0.0714. The van der Waals surface area contributed by atoms with Gasteiger partial charge in [-0.05, 0) is 50.3 Å². The maximum Gasteiger partial charge on any atom is 0.254 e. The average Bonchev–Trinajstić information content (AvgIpc) is 2.98. The molecule has 2 rings (SSSR count). The van der Waals surface area contributed by atoms with Gasteiger partial charge in [0.2, 0.25) is 5.89 Å². The van der Waals surface area contributed by atoms with Crippen LogP contribution in [0.5, 0.6) is 0 Å². The summed E-state index contributed by atoms with van der Waals surface area (Å²) >= 11 is 0. The van der Waals surface area contributed by atoms with Crippen LogP contribution in [0.4, 0.5) is 0 Å². The molecule has 1 heterocycles. The molecule has 26 heavy (non-hydrogen) atoms. The molecule has 142 valence electrons. The first-order chi connectivity index (χ1) is 12.1. The first kappa shape index (κ1) is 20.1. The first-order valence-electron chi connectivity index (χ1n) is 9.02. The van der Waals surface area contributed by atoms with Crippen LogP contribution in [0.2, 0.25) is 0 Å². The van der Waals surface area contributed by atoms with Crippen LogP contribution in [-0.4, -0.2) is 38.7 Å². The summed E-state index contributed by atoms with van der Waals surface area (Å²) in [5.74, 6) is 1.46. The topological polar surface area (TPSA) is 79.5 Å². The summed E-state index contributed by atoms with van der Waals surface area (Å²) in [6.45, 7) is 8.05. The van der Waals surface area contributed by atoms with Crippen LogP contribution >= 0.6 is 0 Å². The number of carbonyl (C=O) groups is 1. The Labute approximate surface area is 155 Å². The van der Waals surface area contributed by atoms with Crippen molar-refractivity contribution >= 4 is 5.91 Å². The first-order valence-corrected chi connectivity index (χ1v) is 9.02. The number of nitrogens with zero attached hydrogens (tertiary/aromatic N) is 3. The van der Waals surface area contributed by atoms with Gasteiger partial charge in [-0.2, -0.15) is 4.98 Å². The minimum atomic E-state index is -0.719. The van der Waals surface area contributed by atoms with Gasteiger partial charge in [-0.25, -0.2) is 0 Å². The maximum absolute atomic E-state index is 12.7. The molecule has 0 fully saturated rings. The molecular weight excluding hydrogens is 330 g/mol. The fourth-order valence-electron chi connectivity index (χ4n) is 2.60. The fraction of sp³-hybridized carbons (Fsp3) is 0.550. The van der Waals surface area contributed by atoms with Crippen LogP contribution in [0.15, 0.2) is 28.8 Å². The molecular formula is C20H29N3O3. The van der Waals surface area contributed by atoms with E-state index in [2.05, 4.69) is 24.0 Å². The van der Waals surface area contributed by atoms with E-state index in [-0.39, 0.29) is 5.91 Å². The highest BCUT2D eigenvalue weighted by Crippen LogP contribution is 2.16. The molecule has 0 spiro atoms. The van der Waals surface area contributed by atoms with Gasteiger partial charge >= 0.3 is 0 Å². The van der Waals surface area contributed by atoms with Gasteiger partial charge in [-0.1, -0.05) is 31.1 Å². The van der Waals surface area contributed by atoms with Gasteiger partial charge in [-0.15, -0.1) is 0 Å². The molecule has 1 amide bonds. The molecule has 0 aliphatic rings. The van der Waals surface area contributed by atoms with E-state index in [0.29, 0.717) is 36.2 Å². The van der Waals surface area contributed by atoms with Crippen molar-refractivity contribution in [2.24, 2.45) is 5.92 Å². The van der Waals surface area contributed by atoms with Gasteiger partial charge in [0, 0.05) is 19.0 Å². The normalized spacial score (nSPS) is 11.8. The summed E-state index contributed by atoms with van der Waals surface area (Å²) in [6, 6.07) is 7.52. The SMILES string of the molecule is CC(C)Cc1nc(CN(C)C(=O)c2cccc(CCC(C)(C)O)c2)no1. The summed E-state index contributed by atoms with van der Waals surface area (Å²) in [4.78, 5) is 18.6. The molecule has 1 aromatic carbocycles. The second-order valence-corrected chi connectivity index (χ2v) is 7.88. The minimum absolute atomic E-state index is 0.0923. The van der Waals surface area contributed by atoms with Crippen LogP contribution in [0.3, 0.4) is 0 Å². The molecule has 0 saturated carbocycles. The summed E-state index contributed by atoms with van der Waals surface area (Å²) in [6.07, 6.45) is 2.09. The fourth-order valence-corrected chi connectivity index (χ4v) is 2.60. The number of hydrogen-bond donors (Lipinski definition) is 1. The van der Waals surface area contributed by atoms with Crippen molar-refractivity contribution in [3.8, 4) is 0 Å². The van der Waals surface area contributed by atoms with E-state index in [1.165, 1.54) is 0 Å². The summed E-state index contributed by atoms with van der Waals surface area (Å²) in [7, 11) is 1.73. The highest BCUT2D eigenvalue weighted by atomic mass is 16.5. The van der Waals surface area contributed by atoms with E-state index in [1.54, 1.807) is 31.9 Å². The third-order valence-corrected chi connectivity index (χ3v) is 4.02. The lowest BCUT2D eigenvalue weighted by atomic mass is 9.98. The van der Waals surface area contributed by atoms with Crippen molar-refractivity contribution in [3.63, 3.8) is 0 Å². The zero-order valence-electron chi connectivity index (χ0n) is 16.3. The number of aryl methyl sites for hydroxylation is 1. The lowest BCUT2D eigenvalue weighted by Crippen LogP contribution is -2.27. The van der Waals surface area contributed by atoms with E-state index in [0.717, 1.165) is 18.4 Å². The van der Waals surface area contributed by atoms with Crippen molar-refractivity contribution in [1.82, 2.24) is 15.0 Å². The summed E-state index contributed by atoms with van der Waals surface area (Å²) in [5, 5.41) is 13.8. The van der Waals surface area contributed by atoms with Gasteiger partial charge in [-0.3, -0.25) is 4.79 Å².